The molecular weight excluding hydrogens is 907 g/mol. The fourth-order valence-electron chi connectivity index (χ4n) is 8.83. The van der Waals surface area contributed by atoms with Crippen molar-refractivity contribution in [2.45, 2.75) is 105 Å². The molecule has 4 aliphatic rings. The van der Waals surface area contributed by atoms with Crippen molar-refractivity contribution in [1.29, 1.82) is 0 Å². The van der Waals surface area contributed by atoms with Gasteiger partial charge in [-0.2, -0.15) is 0 Å². The van der Waals surface area contributed by atoms with Gasteiger partial charge in [0.25, 0.3) is 11.7 Å². The lowest BCUT2D eigenvalue weighted by atomic mass is 9.78. The van der Waals surface area contributed by atoms with Gasteiger partial charge in [-0.05, 0) is 33.8 Å². The molecule has 0 unspecified atom stereocenters. The summed E-state index contributed by atoms with van der Waals surface area (Å²) in [6, 6.07) is 3.19. The van der Waals surface area contributed by atoms with Crippen molar-refractivity contribution in [1.82, 2.24) is 4.98 Å². The first-order chi connectivity index (χ1) is 32.8. The van der Waals surface area contributed by atoms with Crippen molar-refractivity contribution < 1.29 is 72.1 Å². The van der Waals surface area contributed by atoms with Crippen molar-refractivity contribution in [2.24, 2.45) is 23.7 Å². The number of aromatic hydroxyl groups is 2. The fraction of sp³-hybridized carbons (Fsp3) is 0.519. The van der Waals surface area contributed by atoms with E-state index in [1.807, 2.05) is 0 Å². The van der Waals surface area contributed by atoms with E-state index in [1.165, 1.54) is 65.4 Å². The number of likely N-dealkylation sites (N-methyl/N-ethyl adjacent to an activating group) is 1. The summed E-state index contributed by atoms with van der Waals surface area (Å²) >= 11 is 0. The molecule has 0 aromatic heterocycles. The van der Waals surface area contributed by atoms with E-state index in [0.717, 1.165) is 11.0 Å². The van der Waals surface area contributed by atoms with Crippen LogP contribution >= 0.6 is 0 Å². The molecule has 2 aromatic rings. The molecule has 70 heavy (non-hydrogen) atoms. The molecule has 380 valence electrons. The van der Waals surface area contributed by atoms with Gasteiger partial charge in [-0.15, -0.1) is 0 Å². The number of nitrogens with one attached hydrogen (secondary N) is 1. The molecule has 18 nitrogen and oxygen atoms in total. The normalized spacial score (nSPS) is 27.6. The number of quaternary nitrogens is 1. The van der Waals surface area contributed by atoms with E-state index in [9.17, 15) is 39.6 Å². The minimum Gasteiger partial charge on any atom is -0.507 e. The summed E-state index contributed by atoms with van der Waals surface area (Å²) in [7, 11) is 5.67. The number of hydrogen-bond acceptors (Lipinski definition) is 16. The van der Waals surface area contributed by atoms with Crippen LogP contribution in [-0.4, -0.2) is 131 Å². The first kappa shape index (κ1) is 53.3. The third-order valence-corrected chi connectivity index (χ3v) is 14.1. The lowest BCUT2D eigenvalue weighted by molar-refractivity contribution is -0.911. The highest BCUT2D eigenvalue weighted by molar-refractivity contribution is 6.22. The van der Waals surface area contributed by atoms with Crippen molar-refractivity contribution in [3.63, 3.8) is 0 Å². The molecule has 18 heteroatoms. The van der Waals surface area contributed by atoms with Gasteiger partial charge in [0.2, 0.25) is 5.43 Å². The second-order valence-corrected chi connectivity index (χ2v) is 19.6. The number of ether oxygens (including phenoxy) is 6. The van der Waals surface area contributed by atoms with E-state index in [1.54, 1.807) is 39.8 Å². The monoisotopic (exact) mass is 974 g/mol. The van der Waals surface area contributed by atoms with Crippen LogP contribution in [0.1, 0.15) is 78.2 Å². The Bertz CT molecular complexity index is 2760. The predicted octanol–water partition coefficient (Wildman–Crippen LogP) is 6.53. The van der Waals surface area contributed by atoms with E-state index in [0.29, 0.717) is 12.6 Å². The number of allylic oxidation sites excluding steroid dienone is 2. The number of rotatable bonds is 10. The number of aromatic nitrogens is 1. The number of phenolic OH excluding ortho intramolecular Hbond substituents is 2. The van der Waals surface area contributed by atoms with Crippen molar-refractivity contribution in [3.05, 3.63) is 69.6 Å². The standard InChI is InChI=1S/C52H67N3O15/c1-25(2)55(11,12)18-20-65-21-22-66-33-23-34(57)40-36(24-33)69-49-41(53-40)37-38-45(60)31(8)48-39(37)50(62)52(10,70-48)67-19-17-35(64-13)28(5)47(68-32(9)56)30(7)44(59)29(6)43(58)26(3)15-14-16-27(4)51(63)54-42(49)46(38)61/h14-17,19,23-26,28-30,35,43-44,47,58-59H,18,20-22H2,1-13H3,(H2-,53,54,57,60,61,62,63)/p+1/b15-14+,19-17+,27-16-/t26-,28+,29+,30+,35-,43-,44+,47+,52-/m0/s1. The number of nitrogens with zero attached hydrogens (tertiary/aromatic N) is 2. The summed E-state index contributed by atoms with van der Waals surface area (Å²) in [6.07, 6.45) is 3.35. The zero-order valence-corrected chi connectivity index (χ0v) is 42.2. The number of amides is 1. The Morgan fingerprint density at radius 3 is 2.31 bits per heavy atom. The Balaban J connectivity index is 1.51. The van der Waals surface area contributed by atoms with Gasteiger partial charge in [0.05, 0.1) is 68.9 Å². The summed E-state index contributed by atoms with van der Waals surface area (Å²) < 4.78 is 42.8. The number of phenols is 2. The maximum absolute atomic E-state index is 14.8. The highest BCUT2D eigenvalue weighted by Gasteiger charge is 2.50. The summed E-state index contributed by atoms with van der Waals surface area (Å²) in [6.45, 7) is 18.4. The summed E-state index contributed by atoms with van der Waals surface area (Å²) in [4.78, 5) is 60.8. The topological polar surface area (TPSA) is 243 Å². The van der Waals surface area contributed by atoms with Gasteiger partial charge in [0.1, 0.15) is 59.2 Å². The molecule has 1 amide bonds. The Labute approximate surface area is 407 Å². The largest absolute Gasteiger partial charge is 0.507 e. The summed E-state index contributed by atoms with van der Waals surface area (Å²) in [5.41, 5.74) is -1.75. The number of methoxy groups -OCH3 is 1. The van der Waals surface area contributed by atoms with Crippen molar-refractivity contribution in [2.75, 3.05) is 52.9 Å². The lowest BCUT2D eigenvalue weighted by Gasteiger charge is -2.38. The molecule has 0 fully saturated rings. The third-order valence-electron chi connectivity index (χ3n) is 14.1. The van der Waals surface area contributed by atoms with E-state index < -0.39 is 88.4 Å². The van der Waals surface area contributed by atoms with E-state index >= 15 is 0 Å². The van der Waals surface area contributed by atoms with Gasteiger partial charge in [-0.1, -0.05) is 45.9 Å². The average molecular weight is 975 g/mol. The first-order valence-corrected chi connectivity index (χ1v) is 23.5. The Morgan fingerprint density at radius 1 is 0.957 bits per heavy atom. The number of hydrogen-bond donors (Lipinski definition) is 5. The molecule has 4 bridgehead atoms. The SMILES string of the molecule is CO[C@H]1/C=C/O[C@@]2(C)Oc3c(C)c(O)c4c(=O)c(c5oc6cc(OCCOCC[N+](C)(C)C(C)C)cc(O)c6nc-5c4c3C2=O)NC(=O)/C(C)=C\C=C\[C@H](C)[C@H](O)[C@@H](C)[C@@H](O)[C@@H](C)[C@H](OC(C)=O)[C@@H]1C. The highest BCUT2D eigenvalue weighted by atomic mass is 16.7. The van der Waals surface area contributed by atoms with Gasteiger partial charge < -0.3 is 63.1 Å². The van der Waals surface area contributed by atoms with Crippen LogP contribution in [0.2, 0.25) is 0 Å². The number of aliphatic hydroxyl groups is 2. The zero-order valence-electron chi connectivity index (χ0n) is 42.2. The molecular formula is C52H68N3O15+. The Kier molecular flexibility index (Phi) is 16.1. The van der Waals surface area contributed by atoms with Crippen LogP contribution in [0.4, 0.5) is 5.69 Å². The van der Waals surface area contributed by atoms with Crippen LogP contribution in [0.25, 0.3) is 33.3 Å². The molecule has 0 saturated heterocycles. The van der Waals surface area contributed by atoms with Gasteiger partial charge in [0.15, 0.2) is 11.3 Å². The minimum absolute atomic E-state index is 0.00681. The molecule has 0 radical (unpaired) electrons. The van der Waals surface area contributed by atoms with Crippen LogP contribution in [0.15, 0.2) is 57.5 Å². The van der Waals surface area contributed by atoms with Crippen LogP contribution in [0.5, 0.6) is 23.0 Å². The van der Waals surface area contributed by atoms with Gasteiger partial charge >= 0.3 is 11.8 Å². The molecule has 1 aliphatic carbocycles. The Hall–Kier alpha value is -6.05. The molecule has 5 N–H and O–H groups in total. The number of fused-ring (bicyclic) bond motifs is 2. The van der Waals surface area contributed by atoms with Gasteiger partial charge in [-0.3, -0.25) is 19.2 Å². The van der Waals surface area contributed by atoms with E-state index in [2.05, 4.69) is 33.3 Å². The van der Waals surface area contributed by atoms with Crippen LogP contribution < -0.4 is 20.2 Å². The third kappa shape index (κ3) is 10.5. The number of benzene rings is 3. The molecule has 2 aromatic carbocycles. The first-order valence-electron chi connectivity index (χ1n) is 23.5. The maximum Gasteiger partial charge on any atom is 0.312 e. The van der Waals surface area contributed by atoms with Crippen LogP contribution in [-0.2, 0) is 28.5 Å². The molecule has 0 spiro atoms. The second-order valence-electron chi connectivity index (χ2n) is 19.6. The number of esters is 1. The lowest BCUT2D eigenvalue weighted by Crippen LogP contribution is -2.47. The quantitative estimate of drug-likeness (QED) is 0.0373. The average Bonchev–Trinajstić information content (AvgIpc) is 3.57. The van der Waals surface area contributed by atoms with E-state index in [-0.39, 0.29) is 80.5 Å². The summed E-state index contributed by atoms with van der Waals surface area (Å²) in [5, 5.41) is 48.4. The highest BCUT2D eigenvalue weighted by Crippen LogP contribution is 2.51. The van der Waals surface area contributed by atoms with E-state index in [4.69, 9.17) is 37.8 Å². The number of Topliss-reactive ketones (excluding diaryl/α,β-unsaturated/α-hetero) is 1. The molecule has 0 saturated carbocycles. The van der Waals surface area contributed by atoms with Crippen LogP contribution in [0.3, 0.4) is 0 Å². The fourth-order valence-corrected chi connectivity index (χ4v) is 8.83. The zero-order chi connectivity index (χ0) is 51.7. The molecule has 9 atom stereocenters. The van der Waals surface area contributed by atoms with Crippen molar-refractivity contribution >= 4 is 45.2 Å². The number of carbonyl (C=O) groups is 3. The smallest absolute Gasteiger partial charge is 0.312 e. The number of carbonyl (C=O) groups excluding carboxylic acids is 3. The predicted molar refractivity (Wildman–Crippen MR) is 261 cm³/mol. The second kappa shape index (κ2) is 21.1. The van der Waals surface area contributed by atoms with Gasteiger partial charge in [0, 0.05) is 73.3 Å². The minimum atomic E-state index is -2.10. The molecule has 6 rings (SSSR count). The number of ketones is 1. The number of anilines is 1. The number of aliphatic hydroxyl groups excluding tert-OH is 2. The van der Waals surface area contributed by atoms with Crippen molar-refractivity contribution in [3.8, 4) is 34.5 Å². The summed E-state index contributed by atoms with van der Waals surface area (Å²) in [5.74, 6) is -8.03. The Morgan fingerprint density at radius 2 is 1.66 bits per heavy atom. The molecule has 3 aliphatic heterocycles. The van der Waals surface area contributed by atoms with Gasteiger partial charge in [-0.25, -0.2) is 4.98 Å². The maximum atomic E-state index is 14.8. The van der Waals surface area contributed by atoms with Crippen LogP contribution in [0, 0.1) is 30.6 Å². The molecule has 3 heterocycles.